The summed E-state index contributed by atoms with van der Waals surface area (Å²) in [5.41, 5.74) is 13.9. The number of amides is 4. The van der Waals surface area contributed by atoms with Crippen LogP contribution < -0.4 is 27.4 Å². The average molecular weight is 633 g/mol. The van der Waals surface area contributed by atoms with E-state index in [1.54, 1.807) is 6.20 Å². The van der Waals surface area contributed by atoms with Gasteiger partial charge in [0.1, 0.15) is 23.9 Å². The van der Waals surface area contributed by atoms with Crippen molar-refractivity contribution in [1.82, 2.24) is 30.9 Å². The topological polar surface area (TPSA) is 258 Å². The molecule has 0 saturated heterocycles. The zero-order valence-corrected chi connectivity index (χ0v) is 24.7. The molecule has 0 saturated carbocycles. The summed E-state index contributed by atoms with van der Waals surface area (Å²) in [6.45, 7) is 0. The zero-order valence-electron chi connectivity index (χ0n) is 24.7. The number of primary amides is 1. The molecule has 4 atom stereocenters. The number of aromatic amines is 2. The molecule has 4 rings (SSSR count). The van der Waals surface area contributed by atoms with E-state index in [2.05, 4.69) is 30.9 Å². The van der Waals surface area contributed by atoms with E-state index in [0.717, 1.165) is 10.9 Å². The number of carboxylic acid groups (broad SMARTS) is 1. The first-order valence-corrected chi connectivity index (χ1v) is 14.5. The number of nitrogens with one attached hydrogen (secondary N) is 5. The number of imidazole rings is 1. The number of para-hydroxylation sites is 1. The summed E-state index contributed by atoms with van der Waals surface area (Å²) < 4.78 is 0. The molecule has 0 fully saturated rings. The molecule has 0 radical (unpaired) electrons. The van der Waals surface area contributed by atoms with Crippen LogP contribution in [0.4, 0.5) is 0 Å². The predicted molar refractivity (Wildman–Crippen MR) is 166 cm³/mol. The number of fused-ring (bicyclic) bond motifs is 1. The van der Waals surface area contributed by atoms with E-state index < -0.39 is 53.8 Å². The van der Waals surface area contributed by atoms with Gasteiger partial charge in [-0.1, -0.05) is 30.3 Å². The van der Waals surface area contributed by atoms with Crippen molar-refractivity contribution in [3.05, 3.63) is 84.1 Å². The molecule has 242 valence electrons. The molecule has 0 spiro atoms. The molecular formula is C31H36N8O7. The summed E-state index contributed by atoms with van der Waals surface area (Å²) in [6, 6.07) is 8.17. The SMILES string of the molecule is NC(=O)CC[C@H](NC(=O)[C@@H](N)Cc1cnc[nH]1)C(=O)N[C@@H](Cc1c[nH]c2ccccc12)C(=O)N[C@@H](Cc1ccc(O)cc1)C(=O)O. The number of H-pyrrole nitrogens is 2. The Labute approximate surface area is 263 Å². The number of aromatic nitrogens is 3. The fourth-order valence-electron chi connectivity index (χ4n) is 4.90. The van der Waals surface area contributed by atoms with Gasteiger partial charge < -0.3 is 47.6 Å². The number of carbonyl (C=O) groups is 5. The van der Waals surface area contributed by atoms with Gasteiger partial charge in [0.25, 0.3) is 0 Å². The molecule has 2 aromatic carbocycles. The molecule has 0 aliphatic heterocycles. The van der Waals surface area contributed by atoms with Crippen molar-refractivity contribution in [2.75, 3.05) is 0 Å². The van der Waals surface area contributed by atoms with Crippen LogP contribution in [0, 0.1) is 0 Å². The van der Waals surface area contributed by atoms with Crippen LogP contribution in [0.2, 0.25) is 0 Å². The number of hydrogen-bond donors (Lipinski definition) is 9. The van der Waals surface area contributed by atoms with Gasteiger partial charge in [-0.15, -0.1) is 0 Å². The maximum atomic E-state index is 13.7. The minimum absolute atomic E-state index is 0.00131. The lowest BCUT2D eigenvalue weighted by molar-refractivity contribution is -0.142. The second-order valence-electron chi connectivity index (χ2n) is 10.8. The molecule has 2 aromatic heterocycles. The fraction of sp³-hybridized carbons (Fsp3) is 0.290. The van der Waals surface area contributed by atoms with E-state index in [9.17, 15) is 34.2 Å². The number of phenols is 1. The Morgan fingerprint density at radius 1 is 0.826 bits per heavy atom. The molecule has 15 nitrogen and oxygen atoms in total. The molecule has 15 heteroatoms. The molecule has 0 aliphatic rings. The number of aromatic hydroxyl groups is 1. The third kappa shape index (κ3) is 9.15. The normalized spacial score (nSPS) is 13.7. The van der Waals surface area contributed by atoms with Gasteiger partial charge in [-0.3, -0.25) is 19.2 Å². The van der Waals surface area contributed by atoms with Crippen LogP contribution in [0.15, 0.2) is 67.3 Å². The van der Waals surface area contributed by atoms with Crippen LogP contribution in [0.5, 0.6) is 5.75 Å². The number of hydrogen-bond acceptors (Lipinski definition) is 8. The Kier molecular flexibility index (Phi) is 11.1. The van der Waals surface area contributed by atoms with Crippen molar-refractivity contribution >= 4 is 40.5 Å². The largest absolute Gasteiger partial charge is 0.508 e. The fourth-order valence-corrected chi connectivity index (χ4v) is 4.90. The summed E-state index contributed by atoms with van der Waals surface area (Å²) in [4.78, 5) is 73.8. The first-order chi connectivity index (χ1) is 22.0. The van der Waals surface area contributed by atoms with E-state index in [4.69, 9.17) is 11.5 Å². The summed E-state index contributed by atoms with van der Waals surface area (Å²) in [7, 11) is 0. The van der Waals surface area contributed by atoms with Crippen LogP contribution in [0.3, 0.4) is 0 Å². The highest BCUT2D eigenvalue weighted by molar-refractivity contribution is 5.95. The van der Waals surface area contributed by atoms with Crippen molar-refractivity contribution in [3.8, 4) is 5.75 Å². The number of nitrogens with two attached hydrogens (primary N) is 2. The lowest BCUT2D eigenvalue weighted by atomic mass is 10.0. The van der Waals surface area contributed by atoms with Gasteiger partial charge in [0.2, 0.25) is 23.6 Å². The van der Waals surface area contributed by atoms with Crippen molar-refractivity contribution < 1.29 is 34.2 Å². The molecule has 4 amide bonds. The first kappa shape index (κ1) is 33.2. The van der Waals surface area contributed by atoms with Crippen LogP contribution >= 0.6 is 0 Å². The van der Waals surface area contributed by atoms with Crippen molar-refractivity contribution in [3.63, 3.8) is 0 Å². The standard InChI is InChI=1S/C31H36N8O7/c32-22(13-19-15-34-16-36-19)28(42)37-24(9-10-27(33)41)29(43)38-25(12-18-14-35-23-4-2-1-3-21(18)23)30(44)39-26(31(45)46)11-17-5-7-20(40)8-6-17/h1-8,14-16,22,24-26,35,40H,9-13,32H2,(H2,33,41)(H,34,36)(H,37,42)(H,38,43)(H,39,44)(H,45,46)/t22-,24-,25-,26-/m0/s1. The summed E-state index contributed by atoms with van der Waals surface area (Å²) in [6.07, 6.45) is 4.16. The summed E-state index contributed by atoms with van der Waals surface area (Å²) >= 11 is 0. The van der Waals surface area contributed by atoms with Crippen LogP contribution in [0.1, 0.15) is 29.7 Å². The third-order valence-electron chi connectivity index (χ3n) is 7.37. The van der Waals surface area contributed by atoms with Gasteiger partial charge >= 0.3 is 5.97 Å². The second kappa shape index (κ2) is 15.3. The molecule has 0 unspecified atom stereocenters. The maximum absolute atomic E-state index is 13.7. The number of nitrogens with zero attached hydrogens (tertiary/aromatic N) is 1. The number of rotatable bonds is 16. The third-order valence-corrected chi connectivity index (χ3v) is 7.37. The minimum atomic E-state index is -1.37. The molecule has 2 heterocycles. The maximum Gasteiger partial charge on any atom is 0.326 e. The molecular weight excluding hydrogens is 596 g/mol. The predicted octanol–water partition coefficient (Wildman–Crippen LogP) is -0.244. The summed E-state index contributed by atoms with van der Waals surface area (Å²) in [5.74, 6) is -4.29. The number of phenolic OH excluding ortho intramolecular Hbond substituents is 1. The number of carboxylic acids is 1. The molecule has 46 heavy (non-hydrogen) atoms. The Morgan fingerprint density at radius 2 is 1.50 bits per heavy atom. The highest BCUT2D eigenvalue weighted by Gasteiger charge is 2.31. The zero-order chi connectivity index (χ0) is 33.2. The Bertz CT molecular complexity index is 1670. The van der Waals surface area contributed by atoms with Gasteiger partial charge in [-0.2, -0.15) is 0 Å². The average Bonchev–Trinajstić information content (AvgIpc) is 3.69. The van der Waals surface area contributed by atoms with Crippen LogP contribution in [0.25, 0.3) is 10.9 Å². The lowest BCUT2D eigenvalue weighted by Gasteiger charge is -2.25. The Morgan fingerprint density at radius 3 is 2.17 bits per heavy atom. The van der Waals surface area contributed by atoms with E-state index in [-0.39, 0.29) is 37.9 Å². The quantitative estimate of drug-likeness (QED) is 0.0788. The number of carbonyl (C=O) groups excluding carboxylic acids is 4. The van der Waals surface area contributed by atoms with Crippen molar-refractivity contribution in [2.24, 2.45) is 11.5 Å². The number of benzene rings is 2. The van der Waals surface area contributed by atoms with Gasteiger partial charge in [0, 0.05) is 54.7 Å². The number of aliphatic carboxylic acids is 1. The van der Waals surface area contributed by atoms with E-state index >= 15 is 0 Å². The molecule has 4 aromatic rings. The smallest absolute Gasteiger partial charge is 0.326 e. The van der Waals surface area contributed by atoms with E-state index in [1.165, 1.54) is 36.8 Å². The monoisotopic (exact) mass is 632 g/mol. The van der Waals surface area contributed by atoms with Crippen LogP contribution in [-0.4, -0.2) is 78.9 Å². The van der Waals surface area contributed by atoms with Gasteiger partial charge in [0.15, 0.2) is 0 Å². The van der Waals surface area contributed by atoms with Gasteiger partial charge in [-0.25, -0.2) is 9.78 Å². The van der Waals surface area contributed by atoms with Gasteiger partial charge in [0.05, 0.1) is 12.4 Å². The van der Waals surface area contributed by atoms with E-state index in [0.29, 0.717) is 16.8 Å². The molecule has 0 bridgehead atoms. The highest BCUT2D eigenvalue weighted by atomic mass is 16.4. The van der Waals surface area contributed by atoms with Crippen molar-refractivity contribution in [2.45, 2.75) is 56.3 Å². The Hall–Kier alpha value is -5.70. The second-order valence-corrected chi connectivity index (χ2v) is 10.8. The molecule has 0 aliphatic carbocycles. The minimum Gasteiger partial charge on any atom is -0.508 e. The lowest BCUT2D eigenvalue weighted by Crippen LogP contribution is -2.58. The molecule has 11 N–H and O–H groups in total. The van der Waals surface area contributed by atoms with Crippen molar-refractivity contribution in [1.29, 1.82) is 0 Å². The highest BCUT2D eigenvalue weighted by Crippen LogP contribution is 2.20. The van der Waals surface area contributed by atoms with Gasteiger partial charge in [-0.05, 0) is 35.7 Å². The first-order valence-electron chi connectivity index (χ1n) is 14.5. The Balaban J connectivity index is 1.55. The van der Waals surface area contributed by atoms with E-state index in [1.807, 2.05) is 24.3 Å². The van der Waals surface area contributed by atoms with Crippen LogP contribution in [-0.2, 0) is 43.2 Å². The summed E-state index contributed by atoms with van der Waals surface area (Å²) in [5, 5.41) is 27.9.